The number of rotatable bonds is 2. The highest BCUT2D eigenvalue weighted by Gasteiger charge is 2.33. The lowest BCUT2D eigenvalue weighted by atomic mass is 9.93. The van der Waals surface area contributed by atoms with E-state index in [0.717, 1.165) is 12.5 Å². The van der Waals surface area contributed by atoms with E-state index in [2.05, 4.69) is 0 Å². The maximum Gasteiger partial charge on any atom is 0.416 e. The molecule has 22 heavy (non-hydrogen) atoms. The molecular formula is C15H17F4NO2. The van der Waals surface area contributed by atoms with Crippen LogP contribution in [0.1, 0.15) is 35.7 Å². The largest absolute Gasteiger partial charge is 0.416 e. The van der Waals surface area contributed by atoms with Gasteiger partial charge in [-0.25, -0.2) is 4.39 Å². The Labute approximate surface area is 125 Å². The fourth-order valence-electron chi connectivity index (χ4n) is 2.65. The first-order valence-corrected chi connectivity index (χ1v) is 7.03. The van der Waals surface area contributed by atoms with E-state index >= 15 is 0 Å². The predicted molar refractivity (Wildman–Crippen MR) is 71.7 cm³/mol. The van der Waals surface area contributed by atoms with E-state index in [1.54, 1.807) is 6.92 Å². The van der Waals surface area contributed by atoms with E-state index in [4.69, 9.17) is 0 Å². The van der Waals surface area contributed by atoms with Gasteiger partial charge in [-0.15, -0.1) is 0 Å². The molecule has 1 aromatic rings. The number of hydrogen-bond acceptors (Lipinski definition) is 2. The van der Waals surface area contributed by atoms with Crippen LogP contribution in [0.5, 0.6) is 0 Å². The summed E-state index contributed by atoms with van der Waals surface area (Å²) >= 11 is 0. The monoisotopic (exact) mass is 319 g/mol. The summed E-state index contributed by atoms with van der Waals surface area (Å²) < 4.78 is 51.5. The second kappa shape index (κ2) is 6.24. The standard InChI is InChI=1S/C15H17F4NO2/c1-9(21)10-3-2-4-20(8-10)14(22)11-5-12(15(17,18)19)7-13(16)6-11/h5-7,9-10,21H,2-4,8H2,1H3. The maximum absolute atomic E-state index is 13.4. The molecule has 1 heterocycles. The van der Waals surface area contributed by atoms with Gasteiger partial charge in [0.2, 0.25) is 0 Å². The third-order valence-electron chi connectivity index (χ3n) is 3.90. The van der Waals surface area contributed by atoms with Gasteiger partial charge in [-0.05, 0) is 38.0 Å². The van der Waals surface area contributed by atoms with Crippen LogP contribution < -0.4 is 0 Å². The predicted octanol–water partition coefficient (Wildman–Crippen LogP) is 3.08. The Kier molecular flexibility index (Phi) is 4.75. The van der Waals surface area contributed by atoms with Gasteiger partial charge in [0.25, 0.3) is 5.91 Å². The number of hydrogen-bond donors (Lipinski definition) is 1. The molecule has 2 rings (SSSR count). The third kappa shape index (κ3) is 3.76. The maximum atomic E-state index is 13.4. The Balaban J connectivity index is 2.24. The molecule has 1 saturated heterocycles. The first kappa shape index (κ1) is 16.7. The Morgan fingerprint density at radius 2 is 2.05 bits per heavy atom. The SMILES string of the molecule is CC(O)C1CCCN(C(=O)c2cc(F)cc(C(F)(F)F)c2)C1. The third-order valence-corrected chi connectivity index (χ3v) is 3.90. The van der Waals surface area contributed by atoms with Crippen molar-refractivity contribution in [3.05, 3.63) is 35.1 Å². The number of alkyl halides is 3. The summed E-state index contributed by atoms with van der Waals surface area (Å²) in [7, 11) is 0. The topological polar surface area (TPSA) is 40.5 Å². The number of benzene rings is 1. The Morgan fingerprint density at radius 1 is 1.36 bits per heavy atom. The van der Waals surface area contributed by atoms with Crippen molar-refractivity contribution in [3.8, 4) is 0 Å². The molecule has 2 atom stereocenters. The molecule has 122 valence electrons. The normalized spacial score (nSPS) is 20.8. The number of nitrogens with zero attached hydrogens (tertiary/aromatic N) is 1. The minimum absolute atomic E-state index is 0.117. The molecule has 0 aliphatic carbocycles. The van der Waals surface area contributed by atoms with Crippen LogP contribution in [-0.2, 0) is 6.18 Å². The van der Waals surface area contributed by atoms with Crippen LogP contribution in [-0.4, -0.2) is 35.1 Å². The van der Waals surface area contributed by atoms with Crippen molar-refractivity contribution in [1.82, 2.24) is 4.90 Å². The highest BCUT2D eigenvalue weighted by molar-refractivity contribution is 5.94. The van der Waals surface area contributed by atoms with Crippen LogP contribution >= 0.6 is 0 Å². The second-order valence-corrected chi connectivity index (χ2v) is 5.62. The van der Waals surface area contributed by atoms with Crippen molar-refractivity contribution < 1.29 is 27.5 Å². The van der Waals surface area contributed by atoms with E-state index in [9.17, 15) is 27.5 Å². The first-order chi connectivity index (χ1) is 10.2. The highest BCUT2D eigenvalue weighted by atomic mass is 19.4. The van der Waals surface area contributed by atoms with E-state index in [-0.39, 0.29) is 18.0 Å². The van der Waals surface area contributed by atoms with Crippen LogP contribution in [0.4, 0.5) is 17.6 Å². The summed E-state index contributed by atoms with van der Waals surface area (Å²) in [6.07, 6.45) is -3.91. The van der Waals surface area contributed by atoms with Crippen LogP contribution in [0.25, 0.3) is 0 Å². The van der Waals surface area contributed by atoms with Gasteiger partial charge in [0.15, 0.2) is 0 Å². The lowest BCUT2D eigenvalue weighted by molar-refractivity contribution is -0.137. The number of halogens is 4. The van der Waals surface area contributed by atoms with Crippen LogP contribution in [0.15, 0.2) is 18.2 Å². The molecule has 0 aromatic heterocycles. The smallest absolute Gasteiger partial charge is 0.393 e. The second-order valence-electron chi connectivity index (χ2n) is 5.62. The van der Waals surface area contributed by atoms with Gasteiger partial charge in [-0.3, -0.25) is 4.79 Å². The van der Waals surface area contributed by atoms with Gasteiger partial charge in [-0.2, -0.15) is 13.2 Å². The van der Waals surface area contributed by atoms with E-state index in [1.807, 2.05) is 0 Å². The van der Waals surface area contributed by atoms with Gasteiger partial charge >= 0.3 is 6.18 Å². The molecule has 1 N–H and O–H groups in total. The zero-order valence-corrected chi connectivity index (χ0v) is 12.0. The van der Waals surface area contributed by atoms with Crippen LogP contribution in [0, 0.1) is 11.7 Å². The van der Waals surface area contributed by atoms with E-state index < -0.39 is 29.6 Å². The van der Waals surface area contributed by atoms with Crippen molar-refractivity contribution in [2.45, 2.75) is 32.0 Å². The van der Waals surface area contributed by atoms with Gasteiger partial charge in [0.1, 0.15) is 5.82 Å². The molecule has 2 unspecified atom stereocenters. The average molecular weight is 319 g/mol. The van der Waals surface area contributed by atoms with E-state index in [0.29, 0.717) is 25.1 Å². The number of amides is 1. The number of aliphatic hydroxyl groups is 1. The number of piperidine rings is 1. The summed E-state index contributed by atoms with van der Waals surface area (Å²) in [5, 5.41) is 9.60. The Morgan fingerprint density at radius 3 is 2.64 bits per heavy atom. The molecule has 0 saturated carbocycles. The zero-order valence-electron chi connectivity index (χ0n) is 12.0. The van der Waals surface area contributed by atoms with Crippen LogP contribution in [0.3, 0.4) is 0 Å². The number of aliphatic hydroxyl groups excluding tert-OH is 1. The number of carbonyl (C=O) groups is 1. The zero-order chi connectivity index (χ0) is 16.5. The highest BCUT2D eigenvalue weighted by Crippen LogP contribution is 2.31. The Bertz CT molecular complexity index is 557. The molecular weight excluding hydrogens is 302 g/mol. The van der Waals surface area contributed by atoms with Gasteiger partial charge < -0.3 is 10.0 Å². The lowest BCUT2D eigenvalue weighted by Crippen LogP contribution is -2.43. The molecule has 3 nitrogen and oxygen atoms in total. The first-order valence-electron chi connectivity index (χ1n) is 7.03. The summed E-state index contributed by atoms with van der Waals surface area (Å²) in [4.78, 5) is 13.7. The van der Waals surface area contributed by atoms with Crippen LogP contribution in [0.2, 0.25) is 0 Å². The molecule has 1 aliphatic heterocycles. The van der Waals surface area contributed by atoms with Crippen molar-refractivity contribution in [1.29, 1.82) is 0 Å². The summed E-state index contributed by atoms with van der Waals surface area (Å²) in [5.41, 5.74) is -1.50. The number of carbonyl (C=O) groups excluding carboxylic acids is 1. The number of likely N-dealkylation sites (tertiary alicyclic amines) is 1. The summed E-state index contributed by atoms with van der Waals surface area (Å²) in [6, 6.07) is 1.84. The quantitative estimate of drug-likeness (QED) is 0.851. The van der Waals surface area contributed by atoms with Crippen molar-refractivity contribution >= 4 is 5.91 Å². The summed E-state index contributed by atoms with van der Waals surface area (Å²) in [5.74, 6) is -1.86. The molecule has 1 aromatic carbocycles. The molecule has 0 radical (unpaired) electrons. The lowest BCUT2D eigenvalue weighted by Gasteiger charge is -2.34. The van der Waals surface area contributed by atoms with Gasteiger partial charge in [-0.1, -0.05) is 0 Å². The fourth-order valence-corrected chi connectivity index (χ4v) is 2.65. The molecule has 0 bridgehead atoms. The molecule has 1 fully saturated rings. The molecule has 7 heteroatoms. The molecule has 1 aliphatic rings. The minimum atomic E-state index is -4.71. The van der Waals surface area contributed by atoms with Crippen molar-refractivity contribution in [3.63, 3.8) is 0 Å². The Hall–Kier alpha value is -1.63. The van der Waals surface area contributed by atoms with Gasteiger partial charge in [0.05, 0.1) is 11.7 Å². The minimum Gasteiger partial charge on any atom is -0.393 e. The van der Waals surface area contributed by atoms with Gasteiger partial charge in [0, 0.05) is 24.6 Å². The van der Waals surface area contributed by atoms with Crippen molar-refractivity contribution in [2.24, 2.45) is 5.92 Å². The fraction of sp³-hybridized carbons (Fsp3) is 0.533. The molecule has 0 spiro atoms. The van der Waals surface area contributed by atoms with E-state index in [1.165, 1.54) is 4.90 Å². The average Bonchev–Trinajstić information content (AvgIpc) is 2.45. The summed E-state index contributed by atoms with van der Waals surface area (Å²) in [6.45, 7) is 2.26. The van der Waals surface area contributed by atoms with Crippen molar-refractivity contribution in [2.75, 3.05) is 13.1 Å². The molecule has 1 amide bonds.